The summed E-state index contributed by atoms with van der Waals surface area (Å²) in [6.45, 7) is 1.93. The maximum Gasteiger partial charge on any atom is 0.247 e. The van der Waals surface area contributed by atoms with E-state index in [9.17, 15) is 4.79 Å². The molecule has 0 saturated carbocycles. The molecule has 2 N–H and O–H groups in total. The molecule has 0 fully saturated rings. The smallest absolute Gasteiger partial charge is 0.247 e. The van der Waals surface area contributed by atoms with E-state index in [0.29, 0.717) is 11.4 Å². The van der Waals surface area contributed by atoms with E-state index in [1.165, 1.54) is 5.56 Å². The average molecular weight is 287 g/mol. The zero-order valence-electron chi connectivity index (χ0n) is 11.1. The van der Waals surface area contributed by atoms with Crippen molar-refractivity contribution in [3.05, 3.63) is 58.6 Å². The second kappa shape index (κ2) is 5.17. The summed E-state index contributed by atoms with van der Waals surface area (Å²) >= 11 is 5.92. The van der Waals surface area contributed by atoms with Gasteiger partial charge >= 0.3 is 0 Å². The highest BCUT2D eigenvalue weighted by atomic mass is 35.5. The van der Waals surface area contributed by atoms with Crippen molar-refractivity contribution >= 4 is 28.9 Å². The number of carbonyl (C=O) groups excluding carboxylic acids is 1. The van der Waals surface area contributed by atoms with Crippen molar-refractivity contribution in [3.63, 3.8) is 0 Å². The number of anilines is 2. The van der Waals surface area contributed by atoms with Crippen LogP contribution in [0.1, 0.15) is 11.1 Å². The van der Waals surface area contributed by atoms with Crippen LogP contribution in [0.5, 0.6) is 0 Å². The van der Waals surface area contributed by atoms with Gasteiger partial charge < -0.3 is 10.6 Å². The summed E-state index contributed by atoms with van der Waals surface area (Å²) in [4.78, 5) is 12.3. The lowest BCUT2D eigenvalue weighted by Crippen LogP contribution is -2.33. The Balaban J connectivity index is 1.72. The lowest BCUT2D eigenvalue weighted by atomic mass is 10.1. The number of hydrogen-bond acceptors (Lipinski definition) is 2. The van der Waals surface area contributed by atoms with Crippen LogP contribution >= 0.6 is 11.6 Å². The first-order valence-corrected chi connectivity index (χ1v) is 6.93. The van der Waals surface area contributed by atoms with Crippen molar-refractivity contribution < 1.29 is 4.79 Å². The molecular weight excluding hydrogens is 272 g/mol. The molecule has 1 unspecified atom stereocenters. The van der Waals surface area contributed by atoms with Crippen LogP contribution < -0.4 is 10.6 Å². The Morgan fingerprint density at radius 2 is 2.10 bits per heavy atom. The van der Waals surface area contributed by atoms with Crippen LogP contribution in [-0.4, -0.2) is 11.9 Å². The number of para-hydroxylation sites is 1. The molecule has 0 aliphatic carbocycles. The Hall–Kier alpha value is -2.00. The first-order valence-electron chi connectivity index (χ1n) is 6.55. The molecule has 0 aromatic heterocycles. The number of benzene rings is 2. The monoisotopic (exact) mass is 286 g/mol. The van der Waals surface area contributed by atoms with Gasteiger partial charge in [-0.3, -0.25) is 4.79 Å². The topological polar surface area (TPSA) is 41.1 Å². The molecule has 1 atom stereocenters. The van der Waals surface area contributed by atoms with Crippen molar-refractivity contribution in [1.29, 1.82) is 0 Å². The van der Waals surface area contributed by atoms with Crippen LogP contribution in [0, 0.1) is 6.92 Å². The fourth-order valence-electron chi connectivity index (χ4n) is 2.44. The van der Waals surface area contributed by atoms with Gasteiger partial charge in [0.25, 0.3) is 0 Å². The lowest BCUT2D eigenvalue weighted by Gasteiger charge is -2.13. The zero-order chi connectivity index (χ0) is 14.1. The molecule has 3 rings (SSSR count). The predicted molar refractivity (Wildman–Crippen MR) is 82.4 cm³/mol. The van der Waals surface area contributed by atoms with Gasteiger partial charge in [0.1, 0.15) is 6.04 Å². The highest BCUT2D eigenvalue weighted by molar-refractivity contribution is 6.30. The molecule has 0 bridgehead atoms. The molecule has 4 heteroatoms. The number of halogens is 1. The molecule has 0 radical (unpaired) electrons. The Kier molecular flexibility index (Phi) is 3.36. The minimum Gasteiger partial charge on any atom is -0.373 e. The molecule has 1 amide bonds. The fraction of sp³-hybridized carbons (Fsp3) is 0.188. The Morgan fingerprint density at radius 1 is 1.30 bits per heavy atom. The summed E-state index contributed by atoms with van der Waals surface area (Å²) in [6.07, 6.45) is 0.717. The standard InChI is InChI=1S/C16H15ClN2O/c1-10-8-12(17)6-7-13(10)19-16(20)15-9-11-4-2-3-5-14(11)18-15/h2-8,15,18H,9H2,1H3,(H,19,20). The molecule has 1 aliphatic rings. The van der Waals surface area contributed by atoms with Gasteiger partial charge in [0, 0.05) is 22.8 Å². The van der Waals surface area contributed by atoms with E-state index in [4.69, 9.17) is 11.6 Å². The van der Waals surface area contributed by atoms with Crippen molar-refractivity contribution in [2.45, 2.75) is 19.4 Å². The third-order valence-corrected chi connectivity index (χ3v) is 3.77. The molecule has 3 nitrogen and oxygen atoms in total. The summed E-state index contributed by atoms with van der Waals surface area (Å²) < 4.78 is 0. The Labute approximate surface area is 123 Å². The predicted octanol–water partition coefficient (Wildman–Crippen LogP) is 3.62. The third-order valence-electron chi connectivity index (χ3n) is 3.53. The van der Waals surface area contributed by atoms with Crippen LogP contribution in [0.25, 0.3) is 0 Å². The maximum absolute atomic E-state index is 12.3. The van der Waals surface area contributed by atoms with Crippen LogP contribution in [0.15, 0.2) is 42.5 Å². The summed E-state index contributed by atoms with van der Waals surface area (Å²) in [7, 11) is 0. The molecular formula is C16H15ClN2O. The van der Waals surface area contributed by atoms with Gasteiger partial charge in [0.2, 0.25) is 5.91 Å². The minimum absolute atomic E-state index is 0.0216. The number of aryl methyl sites for hydroxylation is 1. The molecule has 2 aromatic carbocycles. The fourth-order valence-corrected chi connectivity index (χ4v) is 2.67. The maximum atomic E-state index is 12.3. The van der Waals surface area contributed by atoms with Crippen molar-refractivity contribution in [1.82, 2.24) is 0 Å². The van der Waals surface area contributed by atoms with Crippen molar-refractivity contribution in [2.75, 3.05) is 10.6 Å². The first-order chi connectivity index (χ1) is 9.63. The molecule has 2 aromatic rings. The zero-order valence-corrected chi connectivity index (χ0v) is 11.9. The van der Waals surface area contributed by atoms with Gasteiger partial charge in [-0.15, -0.1) is 0 Å². The number of carbonyl (C=O) groups is 1. The van der Waals surface area contributed by atoms with Gasteiger partial charge in [0.05, 0.1) is 0 Å². The van der Waals surface area contributed by atoms with Crippen LogP contribution in [0.4, 0.5) is 11.4 Å². The number of nitrogens with one attached hydrogen (secondary N) is 2. The van der Waals surface area contributed by atoms with Crippen molar-refractivity contribution in [2.24, 2.45) is 0 Å². The van der Waals surface area contributed by atoms with Gasteiger partial charge in [-0.1, -0.05) is 29.8 Å². The molecule has 102 valence electrons. The summed E-state index contributed by atoms with van der Waals surface area (Å²) in [6, 6.07) is 13.2. The van der Waals surface area contributed by atoms with Gasteiger partial charge in [-0.2, -0.15) is 0 Å². The van der Waals surface area contributed by atoms with Crippen LogP contribution in [0.2, 0.25) is 5.02 Å². The van der Waals surface area contributed by atoms with E-state index >= 15 is 0 Å². The SMILES string of the molecule is Cc1cc(Cl)ccc1NC(=O)C1Cc2ccccc2N1. The highest BCUT2D eigenvalue weighted by Crippen LogP contribution is 2.26. The van der Waals surface area contributed by atoms with E-state index in [1.54, 1.807) is 6.07 Å². The van der Waals surface area contributed by atoms with Gasteiger partial charge in [0.15, 0.2) is 0 Å². The minimum atomic E-state index is -0.220. The average Bonchev–Trinajstić information content (AvgIpc) is 2.86. The van der Waals surface area contributed by atoms with E-state index < -0.39 is 0 Å². The number of amides is 1. The third kappa shape index (κ3) is 2.49. The van der Waals surface area contributed by atoms with E-state index in [-0.39, 0.29) is 11.9 Å². The Morgan fingerprint density at radius 3 is 2.85 bits per heavy atom. The number of hydrogen-bond donors (Lipinski definition) is 2. The van der Waals surface area contributed by atoms with Gasteiger partial charge in [-0.05, 0) is 42.3 Å². The molecule has 1 heterocycles. The largest absolute Gasteiger partial charge is 0.373 e. The highest BCUT2D eigenvalue weighted by Gasteiger charge is 2.26. The Bertz CT molecular complexity index is 644. The normalized spacial score (nSPS) is 16.4. The summed E-state index contributed by atoms with van der Waals surface area (Å²) in [5.41, 5.74) is 3.99. The van der Waals surface area contributed by atoms with Crippen LogP contribution in [0.3, 0.4) is 0 Å². The van der Waals surface area contributed by atoms with Gasteiger partial charge in [-0.25, -0.2) is 0 Å². The number of fused-ring (bicyclic) bond motifs is 1. The second-order valence-corrected chi connectivity index (χ2v) is 5.44. The molecule has 1 aliphatic heterocycles. The summed E-state index contributed by atoms with van der Waals surface area (Å²) in [5, 5.41) is 6.87. The quantitative estimate of drug-likeness (QED) is 0.885. The molecule has 0 spiro atoms. The van der Waals surface area contributed by atoms with E-state index in [1.807, 2.05) is 43.3 Å². The van der Waals surface area contributed by atoms with Crippen molar-refractivity contribution in [3.8, 4) is 0 Å². The second-order valence-electron chi connectivity index (χ2n) is 5.01. The summed E-state index contributed by atoms with van der Waals surface area (Å²) in [5.74, 6) is -0.0216. The first kappa shape index (κ1) is 13.0. The molecule has 0 saturated heterocycles. The molecule has 20 heavy (non-hydrogen) atoms. The van der Waals surface area contributed by atoms with E-state index in [2.05, 4.69) is 10.6 Å². The lowest BCUT2D eigenvalue weighted by molar-refractivity contribution is -0.116. The number of rotatable bonds is 2. The van der Waals surface area contributed by atoms with Crippen LogP contribution in [-0.2, 0) is 11.2 Å². The van der Waals surface area contributed by atoms with E-state index in [0.717, 1.165) is 16.9 Å².